The fourth-order valence-corrected chi connectivity index (χ4v) is 2.94. The van der Waals surface area contributed by atoms with Gasteiger partial charge in [-0.05, 0) is 78.3 Å². The molecule has 2 rings (SSSR count). The summed E-state index contributed by atoms with van der Waals surface area (Å²) in [7, 11) is 0. The molecular weight excluding hydrogens is 345 g/mol. The molecule has 18 heavy (non-hydrogen) atoms. The summed E-state index contributed by atoms with van der Waals surface area (Å²) in [5, 5.41) is 0. The fourth-order valence-electron chi connectivity index (χ4n) is 2.63. The van der Waals surface area contributed by atoms with Crippen LogP contribution in [-0.4, -0.2) is 0 Å². The number of hydrogen-bond acceptors (Lipinski definition) is 0. The number of rotatable bonds is 2. The quantitative estimate of drug-likeness (QED) is 0.367. The molecule has 0 bridgehead atoms. The lowest BCUT2D eigenvalue weighted by Gasteiger charge is -2.24. The van der Waals surface area contributed by atoms with Gasteiger partial charge in [-0.15, -0.1) is 0 Å². The van der Waals surface area contributed by atoms with Crippen LogP contribution in [0, 0.1) is 15.2 Å². The molecule has 0 radical (unpaired) electrons. The molecule has 0 N–H and O–H groups in total. The zero-order chi connectivity index (χ0) is 13.1. The molecule has 0 nitrogen and oxygen atoms in total. The van der Waals surface area contributed by atoms with Crippen molar-refractivity contribution in [3.8, 4) is 0 Å². The van der Waals surface area contributed by atoms with Gasteiger partial charge in [0.1, 0.15) is 11.6 Å². The highest BCUT2D eigenvalue weighted by atomic mass is 127. The van der Waals surface area contributed by atoms with Gasteiger partial charge in [0, 0.05) is 0 Å². The molecule has 1 saturated carbocycles. The Kier molecular flexibility index (Phi) is 4.76. The summed E-state index contributed by atoms with van der Waals surface area (Å²) in [5.41, 5.74) is 2.32. The third-order valence-corrected chi connectivity index (χ3v) is 4.63. The van der Waals surface area contributed by atoms with Crippen molar-refractivity contribution in [2.24, 2.45) is 0 Å². The average molecular weight is 362 g/mol. The molecule has 0 aliphatic heterocycles. The first kappa shape index (κ1) is 14.0. The van der Waals surface area contributed by atoms with Crippen LogP contribution >= 0.6 is 22.6 Å². The van der Waals surface area contributed by atoms with E-state index < -0.39 is 11.6 Å². The lowest BCUT2D eigenvalue weighted by Crippen LogP contribution is -2.08. The van der Waals surface area contributed by atoms with E-state index in [-0.39, 0.29) is 3.57 Å². The predicted octanol–water partition coefficient (Wildman–Crippen LogP) is 5.56. The molecule has 0 heterocycles. The third-order valence-electron chi connectivity index (χ3n) is 3.60. The molecular formula is C15H17F2I. The summed E-state index contributed by atoms with van der Waals surface area (Å²) in [4.78, 5) is 0. The van der Waals surface area contributed by atoms with E-state index >= 15 is 0 Å². The van der Waals surface area contributed by atoms with Gasteiger partial charge in [-0.2, -0.15) is 0 Å². The Balaban J connectivity index is 2.12. The highest BCUT2D eigenvalue weighted by Crippen LogP contribution is 2.36. The molecule has 1 aromatic carbocycles. The molecule has 0 saturated heterocycles. The second kappa shape index (κ2) is 6.13. The van der Waals surface area contributed by atoms with E-state index in [1.54, 1.807) is 22.6 Å². The predicted molar refractivity (Wildman–Crippen MR) is 78.7 cm³/mol. The van der Waals surface area contributed by atoms with Crippen LogP contribution in [0.5, 0.6) is 0 Å². The minimum absolute atomic E-state index is 0.0960. The number of allylic oxidation sites excluding steroid dienone is 2. The lowest BCUT2D eigenvalue weighted by molar-refractivity contribution is 0.502. The zero-order valence-corrected chi connectivity index (χ0v) is 12.6. The summed E-state index contributed by atoms with van der Waals surface area (Å²) in [6, 6.07) is 3.01. The first-order valence-corrected chi connectivity index (χ1v) is 7.52. The Morgan fingerprint density at radius 3 is 2.28 bits per heavy atom. The summed E-state index contributed by atoms with van der Waals surface area (Å²) in [5.74, 6) is -0.555. The first-order chi connectivity index (χ1) is 8.61. The molecule has 0 atom stereocenters. The van der Waals surface area contributed by atoms with Gasteiger partial charge < -0.3 is 0 Å². The monoisotopic (exact) mass is 362 g/mol. The third kappa shape index (κ3) is 3.11. The molecule has 3 heteroatoms. The standard InChI is InChI=1S/C15H17F2I/c1-2-3-10-4-6-11(7-5-10)12-8-13(16)15(18)14(17)9-12/h3,8-9,11H,2,4-7H2,1H3. The zero-order valence-electron chi connectivity index (χ0n) is 10.5. The summed E-state index contributed by atoms with van der Waals surface area (Å²) in [6.45, 7) is 2.14. The van der Waals surface area contributed by atoms with E-state index in [0.29, 0.717) is 5.92 Å². The highest BCUT2D eigenvalue weighted by Gasteiger charge is 2.20. The lowest BCUT2D eigenvalue weighted by atomic mass is 9.81. The van der Waals surface area contributed by atoms with E-state index in [1.807, 2.05) is 0 Å². The summed E-state index contributed by atoms with van der Waals surface area (Å²) < 4.78 is 27.2. The molecule has 0 aromatic heterocycles. The second-order valence-electron chi connectivity index (χ2n) is 4.84. The van der Waals surface area contributed by atoms with Crippen LogP contribution < -0.4 is 0 Å². The van der Waals surface area contributed by atoms with Gasteiger partial charge in [-0.25, -0.2) is 8.78 Å². The normalized spacial score (nSPS) is 20.0. The molecule has 1 fully saturated rings. The summed E-state index contributed by atoms with van der Waals surface area (Å²) >= 11 is 1.71. The van der Waals surface area contributed by atoms with Crippen LogP contribution in [0.3, 0.4) is 0 Å². The van der Waals surface area contributed by atoms with Crippen LogP contribution in [0.15, 0.2) is 23.8 Å². The largest absolute Gasteiger partial charge is 0.206 e. The van der Waals surface area contributed by atoms with Gasteiger partial charge in [0.2, 0.25) is 0 Å². The Morgan fingerprint density at radius 2 is 1.78 bits per heavy atom. The van der Waals surface area contributed by atoms with Crippen molar-refractivity contribution >= 4 is 22.6 Å². The van der Waals surface area contributed by atoms with Crippen molar-refractivity contribution in [3.05, 3.63) is 44.5 Å². The minimum Gasteiger partial charge on any atom is -0.206 e. The molecule has 98 valence electrons. The van der Waals surface area contributed by atoms with E-state index in [0.717, 1.165) is 37.7 Å². The van der Waals surface area contributed by atoms with Gasteiger partial charge in [0.25, 0.3) is 0 Å². The second-order valence-corrected chi connectivity index (χ2v) is 5.92. The number of hydrogen-bond donors (Lipinski definition) is 0. The van der Waals surface area contributed by atoms with E-state index in [2.05, 4.69) is 13.0 Å². The van der Waals surface area contributed by atoms with Crippen LogP contribution in [0.25, 0.3) is 0 Å². The Morgan fingerprint density at radius 1 is 1.22 bits per heavy atom. The Labute approximate surface area is 121 Å². The van der Waals surface area contributed by atoms with Crippen molar-refractivity contribution in [1.82, 2.24) is 0 Å². The Bertz CT molecular complexity index is 433. The van der Waals surface area contributed by atoms with E-state index in [9.17, 15) is 8.78 Å². The smallest absolute Gasteiger partial charge is 0.139 e. The molecule has 0 amide bonds. The molecule has 1 aromatic rings. The van der Waals surface area contributed by atoms with Crippen LogP contribution in [-0.2, 0) is 0 Å². The van der Waals surface area contributed by atoms with Crippen LogP contribution in [0.4, 0.5) is 8.78 Å². The van der Waals surface area contributed by atoms with Gasteiger partial charge in [0.15, 0.2) is 0 Å². The van der Waals surface area contributed by atoms with Gasteiger partial charge in [-0.1, -0.05) is 18.6 Å². The van der Waals surface area contributed by atoms with Crippen molar-refractivity contribution < 1.29 is 8.78 Å². The summed E-state index contributed by atoms with van der Waals surface area (Å²) in [6.07, 6.45) is 7.50. The molecule has 1 aliphatic carbocycles. The average Bonchev–Trinajstić information content (AvgIpc) is 2.37. The molecule has 0 unspecified atom stereocenters. The Hall–Kier alpha value is -0.450. The maximum atomic E-state index is 13.5. The van der Waals surface area contributed by atoms with Gasteiger partial charge in [0.05, 0.1) is 3.57 Å². The van der Waals surface area contributed by atoms with Crippen LogP contribution in [0.2, 0.25) is 0 Å². The molecule has 0 spiro atoms. The SMILES string of the molecule is CCC=C1CCC(c2cc(F)c(I)c(F)c2)CC1. The van der Waals surface area contributed by atoms with Crippen molar-refractivity contribution in [2.45, 2.75) is 44.9 Å². The van der Waals surface area contributed by atoms with Crippen molar-refractivity contribution in [3.63, 3.8) is 0 Å². The maximum Gasteiger partial charge on any atom is 0.139 e. The maximum absolute atomic E-state index is 13.5. The number of benzene rings is 1. The highest BCUT2D eigenvalue weighted by molar-refractivity contribution is 14.1. The van der Waals surface area contributed by atoms with Crippen LogP contribution in [0.1, 0.15) is 50.5 Å². The van der Waals surface area contributed by atoms with Crippen molar-refractivity contribution in [1.29, 1.82) is 0 Å². The minimum atomic E-state index is -0.430. The van der Waals surface area contributed by atoms with Crippen molar-refractivity contribution in [2.75, 3.05) is 0 Å². The fraction of sp³-hybridized carbons (Fsp3) is 0.467. The van der Waals surface area contributed by atoms with E-state index in [4.69, 9.17) is 0 Å². The van der Waals surface area contributed by atoms with Gasteiger partial charge >= 0.3 is 0 Å². The molecule has 1 aliphatic rings. The van der Waals surface area contributed by atoms with Gasteiger partial charge in [-0.3, -0.25) is 0 Å². The first-order valence-electron chi connectivity index (χ1n) is 6.44. The topological polar surface area (TPSA) is 0 Å². The number of halogens is 3. The van der Waals surface area contributed by atoms with E-state index in [1.165, 1.54) is 17.7 Å².